The van der Waals surface area contributed by atoms with E-state index in [1.807, 2.05) is 30.3 Å². The lowest BCUT2D eigenvalue weighted by atomic mass is 10.0. The number of nitrogens with zero attached hydrogens (tertiary/aromatic N) is 2. The van der Waals surface area contributed by atoms with Gasteiger partial charge in [-0.3, -0.25) is 5.32 Å². The number of amides is 1. The lowest BCUT2D eigenvalue weighted by molar-refractivity contribution is 0.110. The summed E-state index contributed by atoms with van der Waals surface area (Å²) in [6.45, 7) is 1.13. The quantitative estimate of drug-likeness (QED) is 0.942. The molecule has 116 valence electrons. The van der Waals surface area contributed by atoms with Crippen molar-refractivity contribution in [2.45, 2.75) is 19.6 Å². The van der Waals surface area contributed by atoms with Crippen molar-refractivity contribution in [3.8, 4) is 6.07 Å². The van der Waals surface area contributed by atoms with E-state index in [0.717, 1.165) is 23.1 Å². The summed E-state index contributed by atoms with van der Waals surface area (Å²) in [5.74, 6) is 0.204. The Morgan fingerprint density at radius 2 is 2.22 bits per heavy atom. The Morgan fingerprint density at radius 3 is 3.00 bits per heavy atom. The average Bonchev–Trinajstić information content (AvgIpc) is 2.60. The van der Waals surface area contributed by atoms with Crippen LogP contribution < -0.4 is 5.32 Å². The first kappa shape index (κ1) is 15.0. The molecular formula is C17H15N3O3. The van der Waals surface area contributed by atoms with Crippen molar-refractivity contribution in [3.63, 3.8) is 0 Å². The van der Waals surface area contributed by atoms with Gasteiger partial charge in [0.1, 0.15) is 18.2 Å². The summed E-state index contributed by atoms with van der Waals surface area (Å²) in [6, 6.07) is 11.4. The average molecular weight is 309 g/mol. The number of nitrogens with one attached hydrogen (secondary N) is 1. The van der Waals surface area contributed by atoms with E-state index in [2.05, 4.69) is 16.4 Å². The van der Waals surface area contributed by atoms with Crippen molar-refractivity contribution in [2.75, 3.05) is 11.9 Å². The number of fused-ring (bicyclic) bond motifs is 1. The highest BCUT2D eigenvalue weighted by Gasteiger charge is 2.19. The van der Waals surface area contributed by atoms with Crippen LogP contribution in [0.3, 0.4) is 0 Å². The zero-order chi connectivity index (χ0) is 16.1. The molecule has 1 aliphatic rings. The molecule has 1 aliphatic heterocycles. The molecule has 1 aromatic heterocycles. The number of anilines is 1. The molecule has 1 aromatic carbocycles. The maximum atomic E-state index is 11.9. The summed E-state index contributed by atoms with van der Waals surface area (Å²) in [7, 11) is 0. The molecule has 3 rings (SSSR count). The van der Waals surface area contributed by atoms with Crippen LogP contribution in [-0.4, -0.2) is 17.7 Å². The minimum absolute atomic E-state index is 0.155. The Morgan fingerprint density at radius 1 is 1.39 bits per heavy atom. The van der Waals surface area contributed by atoms with Crippen LogP contribution in [0, 0.1) is 11.3 Å². The smallest absolute Gasteiger partial charge is 0.413 e. The van der Waals surface area contributed by atoms with E-state index in [9.17, 15) is 10.1 Å². The Bertz CT molecular complexity index is 754. The summed E-state index contributed by atoms with van der Waals surface area (Å²) in [5, 5.41) is 11.9. The third kappa shape index (κ3) is 3.47. The summed E-state index contributed by atoms with van der Waals surface area (Å²) >= 11 is 0. The number of carbonyl (C=O) groups excluding carboxylic acids is 1. The maximum Gasteiger partial charge on any atom is 0.413 e. The Kier molecular flexibility index (Phi) is 4.50. The number of carbonyl (C=O) groups is 1. The van der Waals surface area contributed by atoms with Gasteiger partial charge in [0.25, 0.3) is 0 Å². The highest BCUT2D eigenvalue weighted by atomic mass is 16.5. The topological polar surface area (TPSA) is 84.2 Å². The van der Waals surface area contributed by atoms with Crippen LogP contribution in [0.5, 0.6) is 0 Å². The molecule has 1 N–H and O–H groups in total. The van der Waals surface area contributed by atoms with E-state index < -0.39 is 6.09 Å². The number of hydrogen-bond acceptors (Lipinski definition) is 5. The predicted octanol–water partition coefficient (Wildman–Crippen LogP) is 2.77. The van der Waals surface area contributed by atoms with E-state index in [1.165, 1.54) is 0 Å². The summed E-state index contributed by atoms with van der Waals surface area (Å²) in [4.78, 5) is 16.1. The molecule has 23 heavy (non-hydrogen) atoms. The number of aromatic nitrogens is 1. The molecule has 0 saturated heterocycles. The SMILES string of the molecule is N#Cc1c(NC(=O)OCc2ccccc2)ncc2c1COCC2. The first-order valence-electron chi connectivity index (χ1n) is 7.24. The number of pyridine rings is 1. The molecule has 0 spiro atoms. The molecule has 2 heterocycles. The highest BCUT2D eigenvalue weighted by Crippen LogP contribution is 2.24. The van der Waals surface area contributed by atoms with Crippen molar-refractivity contribution < 1.29 is 14.3 Å². The lowest BCUT2D eigenvalue weighted by Gasteiger charge is -2.18. The lowest BCUT2D eigenvalue weighted by Crippen LogP contribution is -2.18. The molecule has 0 unspecified atom stereocenters. The number of nitriles is 1. The van der Waals surface area contributed by atoms with Gasteiger partial charge in [-0.05, 0) is 17.5 Å². The molecule has 0 radical (unpaired) electrons. The molecule has 6 heteroatoms. The fourth-order valence-corrected chi connectivity index (χ4v) is 2.40. The van der Waals surface area contributed by atoms with E-state index >= 15 is 0 Å². The molecule has 0 atom stereocenters. The third-order valence-corrected chi connectivity index (χ3v) is 3.58. The first-order chi connectivity index (χ1) is 11.3. The molecule has 6 nitrogen and oxygen atoms in total. The second kappa shape index (κ2) is 6.90. The second-order valence-corrected chi connectivity index (χ2v) is 5.09. The van der Waals surface area contributed by atoms with E-state index in [1.54, 1.807) is 6.20 Å². The summed E-state index contributed by atoms with van der Waals surface area (Å²) in [5.41, 5.74) is 2.98. The number of ether oxygens (including phenoxy) is 2. The fourth-order valence-electron chi connectivity index (χ4n) is 2.40. The van der Waals surface area contributed by atoms with Crippen LogP contribution in [0.25, 0.3) is 0 Å². The second-order valence-electron chi connectivity index (χ2n) is 5.09. The van der Waals surface area contributed by atoms with Crippen LogP contribution in [-0.2, 0) is 29.1 Å². The van der Waals surface area contributed by atoms with Gasteiger partial charge in [-0.15, -0.1) is 0 Å². The van der Waals surface area contributed by atoms with Gasteiger partial charge < -0.3 is 9.47 Å². The van der Waals surface area contributed by atoms with E-state index in [0.29, 0.717) is 18.8 Å². The fraction of sp³-hybridized carbons (Fsp3) is 0.235. The van der Waals surface area contributed by atoms with Gasteiger partial charge in [-0.1, -0.05) is 30.3 Å². The van der Waals surface area contributed by atoms with E-state index in [4.69, 9.17) is 9.47 Å². The van der Waals surface area contributed by atoms with Gasteiger partial charge >= 0.3 is 6.09 Å². The molecule has 1 amide bonds. The van der Waals surface area contributed by atoms with Gasteiger partial charge in [0.2, 0.25) is 0 Å². The van der Waals surface area contributed by atoms with Gasteiger partial charge in [0, 0.05) is 11.8 Å². The van der Waals surface area contributed by atoms with Gasteiger partial charge in [-0.2, -0.15) is 5.26 Å². The van der Waals surface area contributed by atoms with Crippen LogP contribution in [0.15, 0.2) is 36.5 Å². The predicted molar refractivity (Wildman–Crippen MR) is 82.6 cm³/mol. The normalized spacial score (nSPS) is 12.8. The van der Waals surface area contributed by atoms with Crippen LogP contribution in [0.1, 0.15) is 22.3 Å². The largest absolute Gasteiger partial charge is 0.444 e. The number of hydrogen-bond donors (Lipinski definition) is 1. The van der Waals surface area contributed by atoms with Gasteiger partial charge in [0.05, 0.1) is 13.2 Å². The van der Waals surface area contributed by atoms with Crippen LogP contribution in [0.4, 0.5) is 10.6 Å². The molecule has 0 bridgehead atoms. The summed E-state index contributed by atoms with van der Waals surface area (Å²) < 4.78 is 10.5. The Balaban J connectivity index is 1.70. The third-order valence-electron chi connectivity index (χ3n) is 3.58. The monoisotopic (exact) mass is 309 g/mol. The zero-order valence-corrected chi connectivity index (χ0v) is 12.4. The molecule has 0 saturated carbocycles. The van der Waals surface area contributed by atoms with Crippen molar-refractivity contribution in [1.29, 1.82) is 5.26 Å². The minimum Gasteiger partial charge on any atom is -0.444 e. The Hall–Kier alpha value is -2.91. The standard InChI is InChI=1S/C17H15N3O3/c18-8-14-15-11-22-7-6-13(15)9-19-16(14)20-17(21)23-10-12-4-2-1-3-5-12/h1-5,9H,6-7,10-11H2,(H,19,20,21). The van der Waals surface area contributed by atoms with Gasteiger partial charge in [-0.25, -0.2) is 9.78 Å². The van der Waals surface area contributed by atoms with Crippen LogP contribution in [0.2, 0.25) is 0 Å². The van der Waals surface area contributed by atoms with Crippen molar-refractivity contribution >= 4 is 11.9 Å². The van der Waals surface area contributed by atoms with E-state index in [-0.39, 0.29) is 12.4 Å². The van der Waals surface area contributed by atoms with Crippen LogP contribution >= 0.6 is 0 Å². The molecule has 2 aromatic rings. The zero-order valence-electron chi connectivity index (χ0n) is 12.4. The van der Waals surface area contributed by atoms with Crippen molar-refractivity contribution in [2.24, 2.45) is 0 Å². The Labute approximate surface area is 133 Å². The molecular weight excluding hydrogens is 294 g/mol. The number of benzene rings is 1. The number of rotatable bonds is 3. The van der Waals surface area contributed by atoms with Crippen molar-refractivity contribution in [1.82, 2.24) is 4.98 Å². The minimum atomic E-state index is -0.644. The highest BCUT2D eigenvalue weighted by molar-refractivity contribution is 5.85. The van der Waals surface area contributed by atoms with Crippen molar-refractivity contribution in [3.05, 3.63) is 58.8 Å². The summed E-state index contributed by atoms with van der Waals surface area (Å²) in [6.07, 6.45) is 1.75. The van der Waals surface area contributed by atoms with Gasteiger partial charge in [0.15, 0.2) is 5.82 Å². The molecule has 0 fully saturated rings. The molecule has 0 aliphatic carbocycles. The first-order valence-corrected chi connectivity index (χ1v) is 7.24. The maximum absolute atomic E-state index is 11.9.